The van der Waals surface area contributed by atoms with E-state index in [1.165, 1.54) is 6.20 Å². The summed E-state index contributed by atoms with van der Waals surface area (Å²) in [5, 5.41) is 6.70. The van der Waals surface area contributed by atoms with Gasteiger partial charge in [0.05, 0.1) is 12.4 Å². The van der Waals surface area contributed by atoms with Crippen LogP contribution in [0.25, 0.3) is 0 Å². The molecule has 0 atom stereocenters. The first-order valence-electron chi connectivity index (χ1n) is 8.90. The van der Waals surface area contributed by atoms with Gasteiger partial charge in [-0.15, -0.1) is 0 Å². The van der Waals surface area contributed by atoms with Crippen LogP contribution in [0.3, 0.4) is 0 Å². The molecular weight excluding hydrogens is 374 g/mol. The second kappa shape index (κ2) is 9.19. The van der Waals surface area contributed by atoms with E-state index in [9.17, 15) is 4.79 Å². The minimum absolute atomic E-state index is 0.253. The fourth-order valence-corrected chi connectivity index (χ4v) is 2.82. The maximum Gasteiger partial charge on any atom is 0.271 e. The Labute approximate surface area is 169 Å². The number of rotatable bonds is 7. The first kappa shape index (κ1) is 19.6. The molecule has 1 aromatic heterocycles. The van der Waals surface area contributed by atoms with Crippen LogP contribution in [0.15, 0.2) is 60.9 Å². The maximum absolute atomic E-state index is 12.2. The van der Waals surface area contributed by atoms with E-state index >= 15 is 0 Å². The second-order valence-corrected chi connectivity index (χ2v) is 6.93. The normalized spacial score (nSPS) is 10.4. The van der Waals surface area contributed by atoms with E-state index in [0.29, 0.717) is 23.8 Å². The van der Waals surface area contributed by atoms with Crippen molar-refractivity contribution in [2.75, 3.05) is 30.9 Å². The monoisotopic (exact) mass is 395 g/mol. The Morgan fingerprint density at radius 1 is 1.07 bits per heavy atom. The van der Waals surface area contributed by atoms with E-state index in [1.807, 2.05) is 67.5 Å². The summed E-state index contributed by atoms with van der Waals surface area (Å²) in [7, 11) is 3.99. The molecule has 0 aliphatic heterocycles. The van der Waals surface area contributed by atoms with Gasteiger partial charge in [-0.2, -0.15) is 0 Å². The number of aromatic nitrogens is 2. The standard InChI is InChI=1S/C21H22ClN5O/c1-27(2)18-8-6-17(7-9-18)26-20-14-24-19(13-25-20)21(28)23-11-10-15-4-3-5-16(22)12-15/h3-9,12-14H,10-11H2,1-2H3,(H,23,28)(H,25,26). The minimum atomic E-state index is -0.253. The van der Waals surface area contributed by atoms with Crippen molar-refractivity contribution in [2.24, 2.45) is 0 Å². The van der Waals surface area contributed by atoms with Crippen LogP contribution in [0.1, 0.15) is 16.1 Å². The van der Waals surface area contributed by atoms with Crippen LogP contribution in [0.4, 0.5) is 17.2 Å². The summed E-state index contributed by atoms with van der Waals surface area (Å²) in [6.07, 6.45) is 3.71. The predicted molar refractivity (Wildman–Crippen MR) is 114 cm³/mol. The van der Waals surface area contributed by atoms with Gasteiger partial charge in [-0.1, -0.05) is 23.7 Å². The summed E-state index contributed by atoms with van der Waals surface area (Å²) in [5.74, 6) is 0.324. The number of nitrogens with one attached hydrogen (secondary N) is 2. The summed E-state index contributed by atoms with van der Waals surface area (Å²) in [6, 6.07) is 15.5. The van der Waals surface area contributed by atoms with E-state index in [2.05, 4.69) is 20.6 Å². The van der Waals surface area contributed by atoms with Crippen LogP contribution >= 0.6 is 11.6 Å². The van der Waals surface area contributed by atoms with Crippen LogP contribution in [-0.2, 0) is 6.42 Å². The average molecular weight is 396 g/mol. The molecule has 28 heavy (non-hydrogen) atoms. The Bertz CT molecular complexity index is 926. The molecule has 144 valence electrons. The molecule has 0 unspecified atom stereocenters. The molecular formula is C21H22ClN5O. The second-order valence-electron chi connectivity index (χ2n) is 6.49. The van der Waals surface area contributed by atoms with Crippen LogP contribution < -0.4 is 15.5 Å². The third-order valence-electron chi connectivity index (χ3n) is 4.13. The van der Waals surface area contributed by atoms with Crippen LogP contribution in [-0.4, -0.2) is 36.5 Å². The quantitative estimate of drug-likeness (QED) is 0.634. The van der Waals surface area contributed by atoms with Crippen molar-refractivity contribution in [3.63, 3.8) is 0 Å². The highest BCUT2D eigenvalue weighted by molar-refractivity contribution is 6.30. The highest BCUT2D eigenvalue weighted by atomic mass is 35.5. The van der Waals surface area contributed by atoms with Crippen LogP contribution in [0.5, 0.6) is 0 Å². The van der Waals surface area contributed by atoms with Crippen molar-refractivity contribution in [1.29, 1.82) is 0 Å². The number of amides is 1. The van der Waals surface area contributed by atoms with E-state index in [0.717, 1.165) is 16.9 Å². The van der Waals surface area contributed by atoms with E-state index in [-0.39, 0.29) is 11.6 Å². The van der Waals surface area contributed by atoms with Crippen molar-refractivity contribution < 1.29 is 4.79 Å². The third-order valence-corrected chi connectivity index (χ3v) is 4.36. The summed E-state index contributed by atoms with van der Waals surface area (Å²) in [6.45, 7) is 0.499. The number of benzene rings is 2. The Hall–Kier alpha value is -3.12. The molecule has 0 aliphatic rings. The number of halogens is 1. The molecule has 7 heteroatoms. The summed E-state index contributed by atoms with van der Waals surface area (Å²) in [5.41, 5.74) is 3.36. The zero-order valence-electron chi connectivity index (χ0n) is 15.8. The Morgan fingerprint density at radius 2 is 1.86 bits per heavy atom. The van der Waals surface area contributed by atoms with Gasteiger partial charge in [-0.3, -0.25) is 4.79 Å². The highest BCUT2D eigenvalue weighted by Crippen LogP contribution is 2.18. The molecule has 0 aliphatic carbocycles. The molecule has 1 amide bonds. The summed E-state index contributed by atoms with van der Waals surface area (Å²) < 4.78 is 0. The van der Waals surface area contributed by atoms with Gasteiger partial charge in [0.1, 0.15) is 11.5 Å². The molecule has 0 bridgehead atoms. The van der Waals surface area contributed by atoms with Gasteiger partial charge in [0, 0.05) is 37.0 Å². The zero-order chi connectivity index (χ0) is 19.9. The maximum atomic E-state index is 12.2. The van der Waals surface area contributed by atoms with Gasteiger partial charge in [0.25, 0.3) is 5.91 Å². The molecule has 3 aromatic rings. The first-order chi connectivity index (χ1) is 13.5. The number of anilines is 3. The molecule has 0 radical (unpaired) electrons. The number of nitrogens with zero attached hydrogens (tertiary/aromatic N) is 3. The Morgan fingerprint density at radius 3 is 2.50 bits per heavy atom. The van der Waals surface area contributed by atoms with Crippen LogP contribution in [0, 0.1) is 0 Å². The van der Waals surface area contributed by atoms with Gasteiger partial charge >= 0.3 is 0 Å². The van der Waals surface area contributed by atoms with Crippen molar-refractivity contribution in [3.05, 3.63) is 77.2 Å². The van der Waals surface area contributed by atoms with Crippen molar-refractivity contribution >= 4 is 34.7 Å². The lowest BCUT2D eigenvalue weighted by atomic mass is 10.1. The summed E-state index contributed by atoms with van der Waals surface area (Å²) in [4.78, 5) is 22.7. The van der Waals surface area contributed by atoms with Gasteiger partial charge < -0.3 is 15.5 Å². The van der Waals surface area contributed by atoms with E-state index < -0.39 is 0 Å². The van der Waals surface area contributed by atoms with Crippen molar-refractivity contribution in [2.45, 2.75) is 6.42 Å². The van der Waals surface area contributed by atoms with Crippen LogP contribution in [0.2, 0.25) is 5.02 Å². The molecule has 0 fully saturated rings. The minimum Gasteiger partial charge on any atom is -0.378 e. The highest BCUT2D eigenvalue weighted by Gasteiger charge is 2.08. The lowest BCUT2D eigenvalue weighted by molar-refractivity contribution is 0.0949. The molecule has 0 saturated carbocycles. The SMILES string of the molecule is CN(C)c1ccc(Nc2cnc(C(=O)NCCc3cccc(Cl)c3)cn2)cc1. The molecule has 3 rings (SSSR count). The lowest BCUT2D eigenvalue weighted by Crippen LogP contribution is -2.26. The molecule has 2 aromatic carbocycles. The number of carbonyl (C=O) groups is 1. The Balaban J connectivity index is 1.52. The third kappa shape index (κ3) is 5.44. The first-order valence-corrected chi connectivity index (χ1v) is 9.28. The van der Waals surface area contributed by atoms with Gasteiger partial charge in [-0.05, 0) is 48.4 Å². The average Bonchev–Trinajstić information content (AvgIpc) is 2.69. The van der Waals surface area contributed by atoms with Crippen molar-refractivity contribution in [1.82, 2.24) is 15.3 Å². The lowest BCUT2D eigenvalue weighted by Gasteiger charge is -2.13. The largest absolute Gasteiger partial charge is 0.378 e. The molecule has 2 N–H and O–H groups in total. The smallest absolute Gasteiger partial charge is 0.271 e. The number of carbonyl (C=O) groups excluding carboxylic acids is 1. The topological polar surface area (TPSA) is 70.2 Å². The molecule has 0 spiro atoms. The van der Waals surface area contributed by atoms with Gasteiger partial charge in [0.15, 0.2) is 0 Å². The number of hydrogen-bond donors (Lipinski definition) is 2. The summed E-state index contributed by atoms with van der Waals surface area (Å²) >= 11 is 5.96. The molecule has 0 saturated heterocycles. The van der Waals surface area contributed by atoms with E-state index in [4.69, 9.17) is 11.6 Å². The Kier molecular flexibility index (Phi) is 6.45. The molecule has 6 nitrogen and oxygen atoms in total. The predicted octanol–water partition coefficient (Wildman–Crippen LogP) is 3.91. The fourth-order valence-electron chi connectivity index (χ4n) is 2.60. The fraction of sp³-hybridized carbons (Fsp3) is 0.190. The zero-order valence-corrected chi connectivity index (χ0v) is 16.6. The van der Waals surface area contributed by atoms with Gasteiger partial charge in [-0.25, -0.2) is 9.97 Å². The molecule has 1 heterocycles. The van der Waals surface area contributed by atoms with Gasteiger partial charge in [0.2, 0.25) is 0 Å². The van der Waals surface area contributed by atoms with Crippen molar-refractivity contribution in [3.8, 4) is 0 Å². The number of hydrogen-bond acceptors (Lipinski definition) is 5. The van der Waals surface area contributed by atoms with E-state index in [1.54, 1.807) is 6.20 Å².